The molecule has 1 aliphatic rings. The van der Waals surface area contributed by atoms with Gasteiger partial charge in [-0.15, -0.1) is 0 Å². The lowest BCUT2D eigenvalue weighted by atomic mass is 9.95. The van der Waals surface area contributed by atoms with Gasteiger partial charge >= 0.3 is 0 Å². The molecule has 3 aromatic rings. The van der Waals surface area contributed by atoms with Gasteiger partial charge in [0.15, 0.2) is 0 Å². The lowest BCUT2D eigenvalue weighted by Crippen LogP contribution is -2.22. The number of anilines is 2. The summed E-state index contributed by atoms with van der Waals surface area (Å²) in [6.45, 7) is 0.380. The molecule has 33 heavy (non-hydrogen) atoms. The van der Waals surface area contributed by atoms with Crippen LogP contribution in [0.2, 0.25) is 5.02 Å². The lowest BCUT2D eigenvalue weighted by molar-refractivity contribution is 0.112. The molecule has 1 saturated carbocycles. The van der Waals surface area contributed by atoms with E-state index in [0.29, 0.717) is 40.2 Å². The number of nitrogens with two attached hydrogens (primary N) is 1. The average Bonchev–Trinajstić information content (AvgIpc) is 2.85. The number of hydrogen-bond acceptors (Lipinski definition) is 6. The van der Waals surface area contributed by atoms with Gasteiger partial charge in [0.25, 0.3) is 0 Å². The van der Waals surface area contributed by atoms with E-state index in [-0.39, 0.29) is 5.82 Å². The fourth-order valence-corrected chi connectivity index (χ4v) is 4.06. The van der Waals surface area contributed by atoms with Crippen molar-refractivity contribution in [1.29, 1.82) is 0 Å². The number of hydrogen-bond donors (Lipinski definition) is 3. The summed E-state index contributed by atoms with van der Waals surface area (Å²) >= 11 is 6.43. The number of aromatic nitrogens is 2. The zero-order chi connectivity index (χ0) is 23.6. The molecule has 0 amide bonds. The molecule has 1 aliphatic carbocycles. The van der Waals surface area contributed by atoms with Crippen LogP contribution in [0.5, 0.6) is 0 Å². The van der Waals surface area contributed by atoms with Crippen LogP contribution in [-0.4, -0.2) is 29.3 Å². The van der Waals surface area contributed by atoms with Crippen molar-refractivity contribution in [1.82, 2.24) is 9.97 Å². The number of nitrogens with one attached hydrogen (secondary N) is 2. The first-order valence-corrected chi connectivity index (χ1v) is 11.4. The maximum absolute atomic E-state index is 13.4. The van der Waals surface area contributed by atoms with Crippen molar-refractivity contribution in [2.45, 2.75) is 44.7 Å². The van der Waals surface area contributed by atoms with Crippen molar-refractivity contribution in [3.63, 3.8) is 0 Å². The van der Waals surface area contributed by atoms with Crippen LogP contribution < -0.4 is 16.4 Å². The van der Waals surface area contributed by atoms with E-state index >= 15 is 0 Å². The summed E-state index contributed by atoms with van der Waals surface area (Å²) in [6.07, 6.45) is 8.37. The minimum Gasteiger partial charge on any atom is -0.367 e. The van der Waals surface area contributed by atoms with Crippen LogP contribution in [0.3, 0.4) is 0 Å². The van der Waals surface area contributed by atoms with Crippen LogP contribution in [0.4, 0.5) is 16.0 Å². The third-order valence-electron chi connectivity index (χ3n) is 5.43. The topological polar surface area (TPSA) is 92.9 Å². The van der Waals surface area contributed by atoms with Crippen molar-refractivity contribution >= 4 is 29.5 Å². The third-order valence-corrected chi connectivity index (χ3v) is 5.74. The second-order valence-corrected chi connectivity index (χ2v) is 8.21. The Balaban J connectivity index is 0.00000149. The number of carbonyl (C=O) groups is 1. The number of carbonyl (C=O) groups excluding carboxylic acids is 1. The molecule has 0 atom stereocenters. The second kappa shape index (κ2) is 12.3. The Labute approximate surface area is 198 Å². The molecule has 0 aliphatic heterocycles. The Morgan fingerprint density at radius 2 is 1.91 bits per heavy atom. The average molecular weight is 470 g/mol. The van der Waals surface area contributed by atoms with E-state index in [1.165, 1.54) is 38.4 Å². The van der Waals surface area contributed by atoms with Crippen LogP contribution in [0.1, 0.15) is 48.0 Å². The highest BCUT2D eigenvalue weighted by Gasteiger charge is 2.15. The Morgan fingerprint density at radius 1 is 1.12 bits per heavy atom. The molecule has 2 aromatic heterocycles. The summed E-state index contributed by atoms with van der Waals surface area (Å²) in [6, 6.07) is 12.0. The summed E-state index contributed by atoms with van der Waals surface area (Å²) in [5, 5.41) is 7.12. The Kier molecular flexibility index (Phi) is 9.15. The van der Waals surface area contributed by atoms with Gasteiger partial charge in [0, 0.05) is 29.9 Å². The first-order valence-electron chi connectivity index (χ1n) is 11.1. The molecular weight excluding hydrogens is 441 g/mol. The summed E-state index contributed by atoms with van der Waals surface area (Å²) in [5.41, 5.74) is 7.03. The molecule has 0 unspecified atom stereocenters. The molecule has 0 saturated heterocycles. The van der Waals surface area contributed by atoms with Gasteiger partial charge in [-0.1, -0.05) is 43.0 Å². The predicted octanol–water partition coefficient (Wildman–Crippen LogP) is 5.68. The number of pyridine rings is 2. The fourth-order valence-electron chi connectivity index (χ4n) is 3.86. The van der Waals surface area contributed by atoms with Gasteiger partial charge in [-0.05, 0) is 55.8 Å². The summed E-state index contributed by atoms with van der Waals surface area (Å²) in [5.74, 6) is 0.966. The smallest absolute Gasteiger partial charge is 0.150 e. The number of nitrogens with zero attached hydrogens (tertiary/aromatic N) is 2. The van der Waals surface area contributed by atoms with E-state index in [1.54, 1.807) is 24.4 Å². The molecule has 6 nitrogen and oxygen atoms in total. The summed E-state index contributed by atoms with van der Waals surface area (Å²) in [4.78, 5) is 20.6. The molecule has 4 rings (SSSR count). The van der Waals surface area contributed by atoms with E-state index < -0.39 is 0 Å². The number of aldehydes is 1. The number of halogens is 2. The monoisotopic (exact) mass is 469 g/mol. The largest absolute Gasteiger partial charge is 0.367 e. The highest BCUT2D eigenvalue weighted by molar-refractivity contribution is 6.33. The van der Waals surface area contributed by atoms with Gasteiger partial charge in [-0.25, -0.2) is 14.4 Å². The van der Waals surface area contributed by atoms with Crippen molar-refractivity contribution in [2.24, 2.45) is 5.73 Å². The van der Waals surface area contributed by atoms with Crippen LogP contribution in [0.25, 0.3) is 11.3 Å². The van der Waals surface area contributed by atoms with Crippen LogP contribution in [-0.2, 0) is 6.54 Å². The van der Waals surface area contributed by atoms with E-state index in [2.05, 4.69) is 26.3 Å². The van der Waals surface area contributed by atoms with Gasteiger partial charge in [-0.2, -0.15) is 0 Å². The van der Waals surface area contributed by atoms with Crippen molar-refractivity contribution in [2.75, 3.05) is 17.7 Å². The normalized spacial score (nSPS) is 13.6. The minimum atomic E-state index is -0.295. The number of benzene rings is 1. The minimum absolute atomic E-state index is 0.295. The summed E-state index contributed by atoms with van der Waals surface area (Å²) in [7, 11) is 1.50. The van der Waals surface area contributed by atoms with Crippen molar-refractivity contribution < 1.29 is 9.18 Å². The van der Waals surface area contributed by atoms with Crippen LogP contribution >= 0.6 is 11.6 Å². The van der Waals surface area contributed by atoms with E-state index in [9.17, 15) is 9.18 Å². The number of rotatable bonds is 7. The maximum atomic E-state index is 13.4. The molecular formula is C25H29ClFN5O. The van der Waals surface area contributed by atoms with E-state index in [0.717, 1.165) is 30.5 Å². The molecule has 0 spiro atoms. The molecule has 4 N–H and O–H groups in total. The first-order chi connectivity index (χ1) is 16.1. The molecule has 174 valence electrons. The zero-order valence-electron chi connectivity index (χ0n) is 18.7. The van der Waals surface area contributed by atoms with Gasteiger partial charge < -0.3 is 16.4 Å². The van der Waals surface area contributed by atoms with Gasteiger partial charge in [0.1, 0.15) is 23.7 Å². The molecule has 1 aromatic carbocycles. The van der Waals surface area contributed by atoms with Gasteiger partial charge in [0.2, 0.25) is 0 Å². The second-order valence-electron chi connectivity index (χ2n) is 7.80. The fraction of sp³-hybridized carbons (Fsp3) is 0.320. The first kappa shape index (κ1) is 24.6. The predicted molar refractivity (Wildman–Crippen MR) is 132 cm³/mol. The third kappa shape index (κ3) is 6.97. The van der Waals surface area contributed by atoms with Gasteiger partial charge in [0.05, 0.1) is 10.7 Å². The maximum Gasteiger partial charge on any atom is 0.150 e. The summed E-state index contributed by atoms with van der Waals surface area (Å²) < 4.78 is 13.4. The Bertz CT molecular complexity index is 1070. The Morgan fingerprint density at radius 3 is 2.64 bits per heavy atom. The molecule has 0 bridgehead atoms. The zero-order valence-corrected chi connectivity index (χ0v) is 19.4. The molecule has 1 fully saturated rings. The van der Waals surface area contributed by atoms with Crippen molar-refractivity contribution in [3.8, 4) is 11.3 Å². The highest BCUT2D eigenvalue weighted by atomic mass is 35.5. The van der Waals surface area contributed by atoms with Crippen LogP contribution in [0.15, 0.2) is 48.7 Å². The molecule has 0 radical (unpaired) electrons. The van der Waals surface area contributed by atoms with Gasteiger partial charge in [-0.3, -0.25) is 4.79 Å². The molecule has 2 heterocycles. The highest BCUT2D eigenvalue weighted by Crippen LogP contribution is 2.31. The van der Waals surface area contributed by atoms with Crippen LogP contribution in [0, 0.1) is 5.82 Å². The lowest BCUT2D eigenvalue weighted by Gasteiger charge is -2.23. The SMILES string of the molecule is CN.O=Cc1cc(NCc2cccc(F)c2)nc(-c2cc(NC3CCCCC3)ncc2Cl)c1. The standard InChI is InChI=1S/C24H24ClFN4O.CH5N/c25-21-14-28-24(29-19-7-2-1-3-8-19)12-20(21)22-10-17(15-31)11-23(30-22)27-13-16-5-4-6-18(26)9-16;1-2/h4-6,9-12,14-15,19H,1-3,7-8,13H2,(H,27,30)(H,28,29);2H2,1H3. The molecule has 8 heteroatoms. The quantitative estimate of drug-likeness (QED) is 0.385. The Hall–Kier alpha value is -3.03. The van der Waals surface area contributed by atoms with Crippen molar-refractivity contribution in [3.05, 3.63) is 70.6 Å². The van der Waals surface area contributed by atoms with E-state index in [4.69, 9.17) is 11.6 Å². The van der Waals surface area contributed by atoms with E-state index in [1.807, 2.05) is 12.1 Å².